The van der Waals surface area contributed by atoms with Gasteiger partial charge in [-0.2, -0.15) is 0 Å². The van der Waals surface area contributed by atoms with E-state index in [1.54, 1.807) is 17.0 Å². The Morgan fingerprint density at radius 3 is 2.74 bits per heavy atom. The van der Waals surface area contributed by atoms with Crippen molar-refractivity contribution in [2.75, 3.05) is 49.6 Å². The van der Waals surface area contributed by atoms with Crippen molar-refractivity contribution in [1.29, 1.82) is 0 Å². The van der Waals surface area contributed by atoms with E-state index in [1.807, 2.05) is 30.1 Å². The fraction of sp³-hybridized carbons (Fsp3) is 0.409. The van der Waals surface area contributed by atoms with E-state index < -0.39 is 10.0 Å². The van der Waals surface area contributed by atoms with Crippen LogP contribution < -0.4 is 19.7 Å². The summed E-state index contributed by atoms with van der Waals surface area (Å²) in [4.78, 5) is 19.0. The highest BCUT2D eigenvalue weighted by Gasteiger charge is 2.29. The molecule has 2 aliphatic heterocycles. The van der Waals surface area contributed by atoms with Gasteiger partial charge in [0.05, 0.1) is 23.7 Å². The molecule has 0 spiro atoms. The molecule has 4 rings (SSSR count). The van der Waals surface area contributed by atoms with Crippen molar-refractivity contribution in [2.45, 2.75) is 24.3 Å². The van der Waals surface area contributed by atoms with Crippen LogP contribution in [0.4, 0.5) is 11.4 Å². The number of amides is 1. The molecule has 31 heavy (non-hydrogen) atoms. The number of nitrogens with two attached hydrogens (primary N) is 1. The fourth-order valence-corrected chi connectivity index (χ4v) is 4.88. The highest BCUT2D eigenvalue weighted by molar-refractivity contribution is 7.89. The first-order chi connectivity index (χ1) is 14.8. The Hall–Kier alpha value is -2.62. The van der Waals surface area contributed by atoms with E-state index in [-0.39, 0.29) is 23.5 Å². The number of likely N-dealkylation sites (N-methyl/N-ethyl adjacent to an activating group) is 2. The van der Waals surface area contributed by atoms with Crippen LogP contribution in [0.2, 0.25) is 0 Å². The first-order valence-electron chi connectivity index (χ1n) is 10.4. The average Bonchev–Trinajstić information content (AvgIpc) is 3.16. The first-order valence-corrected chi connectivity index (χ1v) is 12.0. The van der Waals surface area contributed by atoms with Crippen LogP contribution in [-0.4, -0.2) is 65.1 Å². The van der Waals surface area contributed by atoms with Crippen LogP contribution in [0.5, 0.6) is 5.75 Å². The van der Waals surface area contributed by atoms with Gasteiger partial charge >= 0.3 is 0 Å². The highest BCUT2D eigenvalue weighted by Crippen LogP contribution is 2.33. The second kappa shape index (κ2) is 8.49. The second-order valence-electron chi connectivity index (χ2n) is 8.07. The minimum absolute atomic E-state index is 0.0202. The molecule has 8 nitrogen and oxygen atoms in total. The van der Waals surface area contributed by atoms with E-state index in [2.05, 4.69) is 17.9 Å². The van der Waals surface area contributed by atoms with Crippen molar-refractivity contribution < 1.29 is 17.9 Å². The third-order valence-electron chi connectivity index (χ3n) is 5.80. The number of fused-ring (bicyclic) bond motifs is 2. The number of hydrogen-bond donors (Lipinski definition) is 1. The number of benzene rings is 2. The number of sulfonamides is 1. The molecule has 1 atom stereocenters. The summed E-state index contributed by atoms with van der Waals surface area (Å²) >= 11 is 0. The minimum Gasteiger partial charge on any atom is -0.485 e. The summed E-state index contributed by atoms with van der Waals surface area (Å²) in [5, 5.41) is 5.22. The molecule has 9 heteroatoms. The predicted molar refractivity (Wildman–Crippen MR) is 120 cm³/mol. The molecular formula is C22H28N4O4S. The molecule has 0 fully saturated rings. The monoisotopic (exact) mass is 444 g/mol. The van der Waals surface area contributed by atoms with Crippen molar-refractivity contribution in [3.05, 3.63) is 48.0 Å². The van der Waals surface area contributed by atoms with Gasteiger partial charge in [0.2, 0.25) is 15.9 Å². The summed E-state index contributed by atoms with van der Waals surface area (Å²) in [6, 6.07) is 12.7. The van der Waals surface area contributed by atoms with Crippen LogP contribution >= 0.6 is 0 Å². The maximum absolute atomic E-state index is 13.0. The first kappa shape index (κ1) is 21.6. The van der Waals surface area contributed by atoms with Gasteiger partial charge in [-0.1, -0.05) is 12.1 Å². The van der Waals surface area contributed by atoms with Gasteiger partial charge in [-0.25, -0.2) is 13.6 Å². The number of hydrogen-bond acceptors (Lipinski definition) is 6. The van der Waals surface area contributed by atoms with Crippen molar-refractivity contribution in [2.24, 2.45) is 5.14 Å². The Kier molecular flexibility index (Phi) is 5.92. The van der Waals surface area contributed by atoms with Crippen LogP contribution in [0.3, 0.4) is 0 Å². The molecule has 0 bridgehead atoms. The van der Waals surface area contributed by atoms with Crippen LogP contribution in [0.1, 0.15) is 12.5 Å². The summed E-state index contributed by atoms with van der Waals surface area (Å²) in [7, 11) is -1.84. The molecule has 166 valence electrons. The summed E-state index contributed by atoms with van der Waals surface area (Å²) < 4.78 is 29.3. The third kappa shape index (κ3) is 4.53. The molecule has 0 radical (unpaired) electrons. The molecule has 1 unspecified atom stereocenters. The van der Waals surface area contributed by atoms with Crippen molar-refractivity contribution in [3.8, 4) is 5.75 Å². The van der Waals surface area contributed by atoms with Gasteiger partial charge in [-0.05, 0) is 56.3 Å². The summed E-state index contributed by atoms with van der Waals surface area (Å²) in [6.45, 7) is 5.21. The van der Waals surface area contributed by atoms with Crippen molar-refractivity contribution in [1.82, 2.24) is 4.90 Å². The molecule has 0 saturated carbocycles. The molecule has 2 aliphatic rings. The van der Waals surface area contributed by atoms with Crippen LogP contribution in [-0.2, 0) is 21.2 Å². The minimum atomic E-state index is -3.76. The van der Waals surface area contributed by atoms with Crippen LogP contribution in [0.25, 0.3) is 0 Å². The number of anilines is 2. The average molecular weight is 445 g/mol. The SMILES string of the molecule is CCN1CC(CN(C)CC(=O)N2CCc3cc(S(N)(=O)=O)ccc32)Oc2ccccc21. The Bertz CT molecular complexity index is 1090. The molecule has 0 aliphatic carbocycles. The number of carbonyl (C=O) groups is 1. The number of rotatable bonds is 6. The van der Waals surface area contributed by atoms with E-state index in [4.69, 9.17) is 9.88 Å². The largest absolute Gasteiger partial charge is 0.485 e. The lowest BCUT2D eigenvalue weighted by Crippen LogP contribution is -2.47. The molecule has 0 aromatic heterocycles. The Balaban J connectivity index is 1.39. The molecule has 1 amide bonds. The van der Waals surface area contributed by atoms with E-state index >= 15 is 0 Å². The molecule has 2 heterocycles. The van der Waals surface area contributed by atoms with Crippen LogP contribution in [0, 0.1) is 0 Å². The molecular weight excluding hydrogens is 416 g/mol. The Morgan fingerprint density at radius 2 is 2.00 bits per heavy atom. The zero-order valence-corrected chi connectivity index (χ0v) is 18.6. The van der Waals surface area contributed by atoms with Gasteiger partial charge < -0.3 is 14.5 Å². The maximum atomic E-state index is 13.0. The molecule has 0 saturated heterocycles. The normalized spacial score (nSPS) is 18.0. The third-order valence-corrected chi connectivity index (χ3v) is 6.71. The van der Waals surface area contributed by atoms with Crippen LogP contribution in [0.15, 0.2) is 47.4 Å². The molecule has 2 N–H and O–H groups in total. The van der Waals surface area contributed by atoms with Crippen molar-refractivity contribution >= 4 is 27.3 Å². The van der Waals surface area contributed by atoms with E-state index in [9.17, 15) is 13.2 Å². The lowest BCUT2D eigenvalue weighted by molar-refractivity contribution is -0.119. The number of carbonyl (C=O) groups excluding carboxylic acids is 1. The van der Waals surface area contributed by atoms with E-state index in [0.717, 1.165) is 35.8 Å². The lowest BCUT2D eigenvalue weighted by Gasteiger charge is -2.37. The number of primary sulfonamides is 1. The van der Waals surface area contributed by atoms with Gasteiger partial charge in [-0.15, -0.1) is 0 Å². The molecule has 2 aromatic rings. The molecule has 2 aromatic carbocycles. The van der Waals surface area contributed by atoms with Crippen molar-refractivity contribution in [3.63, 3.8) is 0 Å². The van der Waals surface area contributed by atoms with Gasteiger partial charge in [-0.3, -0.25) is 9.69 Å². The van der Waals surface area contributed by atoms with E-state index in [0.29, 0.717) is 19.5 Å². The van der Waals surface area contributed by atoms with Gasteiger partial charge in [0.1, 0.15) is 11.9 Å². The lowest BCUT2D eigenvalue weighted by atomic mass is 10.1. The van der Waals surface area contributed by atoms with Gasteiger partial charge in [0.25, 0.3) is 0 Å². The van der Waals surface area contributed by atoms with Gasteiger partial charge in [0.15, 0.2) is 0 Å². The highest BCUT2D eigenvalue weighted by atomic mass is 32.2. The zero-order chi connectivity index (χ0) is 22.2. The smallest absolute Gasteiger partial charge is 0.241 e. The zero-order valence-electron chi connectivity index (χ0n) is 17.8. The topological polar surface area (TPSA) is 96.2 Å². The second-order valence-corrected chi connectivity index (χ2v) is 9.64. The van der Waals surface area contributed by atoms with Gasteiger partial charge in [0, 0.05) is 25.3 Å². The quantitative estimate of drug-likeness (QED) is 0.724. The summed E-state index contributed by atoms with van der Waals surface area (Å²) in [6.07, 6.45) is 0.582. The Labute approximate surface area is 183 Å². The summed E-state index contributed by atoms with van der Waals surface area (Å²) in [5.41, 5.74) is 2.69. The predicted octanol–water partition coefficient (Wildman–Crippen LogP) is 1.44. The summed E-state index contributed by atoms with van der Waals surface area (Å²) in [5.74, 6) is 0.854. The maximum Gasteiger partial charge on any atom is 0.241 e. The number of ether oxygens (including phenoxy) is 1. The number of para-hydroxylation sites is 2. The Morgan fingerprint density at radius 1 is 1.23 bits per heavy atom. The fourth-order valence-electron chi connectivity index (χ4n) is 4.32. The number of nitrogens with zero attached hydrogens (tertiary/aromatic N) is 3. The standard InChI is InChI=1S/C22H28N4O4S/c1-3-25-14-17(30-21-7-5-4-6-20(21)25)13-24(2)15-22(27)26-11-10-16-12-18(31(23,28)29)8-9-19(16)26/h4-9,12,17H,3,10-11,13-15H2,1-2H3,(H2,23,28,29). The van der Waals surface area contributed by atoms with E-state index in [1.165, 1.54) is 6.07 Å².